The van der Waals surface area contributed by atoms with E-state index in [1.165, 1.54) is 16.7 Å². The summed E-state index contributed by atoms with van der Waals surface area (Å²) in [6.07, 6.45) is 0. The van der Waals surface area contributed by atoms with Crippen molar-refractivity contribution in [2.45, 2.75) is 39.5 Å². The van der Waals surface area contributed by atoms with E-state index in [1.807, 2.05) is 0 Å². The predicted molar refractivity (Wildman–Crippen MR) is 64.7 cm³/mol. The molecule has 3 nitrogen and oxygen atoms in total. The van der Waals surface area contributed by atoms with E-state index >= 15 is 0 Å². The number of nitrogens with one attached hydrogen (secondary N) is 1. The molecule has 0 bridgehead atoms. The van der Waals surface area contributed by atoms with Crippen molar-refractivity contribution >= 4 is 0 Å². The van der Waals surface area contributed by atoms with Crippen molar-refractivity contribution in [3.63, 3.8) is 0 Å². The molecule has 1 aliphatic rings. The monoisotopic (exact) mass is 220 g/mol. The molecule has 0 saturated heterocycles. The maximum atomic E-state index is 4.86. The zero-order chi connectivity index (χ0) is 11.5. The van der Waals surface area contributed by atoms with Gasteiger partial charge in [0.25, 0.3) is 0 Å². The molecule has 0 amide bonds. The van der Waals surface area contributed by atoms with Crippen LogP contribution in [0.1, 0.15) is 30.5 Å². The molecule has 0 fully saturated rings. The van der Waals surface area contributed by atoms with Crippen LogP contribution in [0.15, 0.2) is 18.2 Å². The summed E-state index contributed by atoms with van der Waals surface area (Å²) in [6.45, 7) is 7.43. The third-order valence-corrected chi connectivity index (χ3v) is 3.17. The van der Waals surface area contributed by atoms with Gasteiger partial charge in [-0.25, -0.2) is 0 Å². The summed E-state index contributed by atoms with van der Waals surface area (Å²) in [7, 11) is 1.65. The van der Waals surface area contributed by atoms with E-state index in [1.54, 1.807) is 7.11 Å². The average Bonchev–Trinajstić information content (AvgIpc) is 2.69. The van der Waals surface area contributed by atoms with Gasteiger partial charge in [0.15, 0.2) is 0 Å². The molecule has 3 heteroatoms. The van der Waals surface area contributed by atoms with Crippen molar-refractivity contribution in [3.8, 4) is 0 Å². The summed E-state index contributed by atoms with van der Waals surface area (Å²) in [4.78, 5) is 7.35. The molecule has 0 spiro atoms. The first-order chi connectivity index (χ1) is 7.70. The molecule has 1 aliphatic heterocycles. The first-order valence-corrected chi connectivity index (χ1v) is 5.81. The van der Waals surface area contributed by atoms with Gasteiger partial charge in [0, 0.05) is 25.7 Å². The Morgan fingerprint density at radius 1 is 1.31 bits per heavy atom. The highest BCUT2D eigenvalue weighted by Gasteiger charge is 2.20. The van der Waals surface area contributed by atoms with Crippen LogP contribution in [0.5, 0.6) is 0 Å². The van der Waals surface area contributed by atoms with Gasteiger partial charge in [-0.05, 0) is 30.5 Å². The predicted octanol–water partition coefficient (Wildman–Crippen LogP) is 2.06. The zero-order valence-electron chi connectivity index (χ0n) is 10.3. The molecule has 88 valence electrons. The highest BCUT2D eigenvalue weighted by atomic mass is 16.6. The van der Waals surface area contributed by atoms with E-state index in [2.05, 4.69) is 42.4 Å². The van der Waals surface area contributed by atoms with Gasteiger partial charge in [0.05, 0.1) is 7.11 Å². The average molecular weight is 220 g/mol. The van der Waals surface area contributed by atoms with E-state index in [0.717, 1.165) is 19.6 Å². The Morgan fingerprint density at radius 3 is 2.75 bits per heavy atom. The molecule has 0 aromatic heterocycles. The fourth-order valence-electron chi connectivity index (χ4n) is 2.10. The maximum Gasteiger partial charge on any atom is 0.0572 e. The topological polar surface area (TPSA) is 24.5 Å². The van der Waals surface area contributed by atoms with Crippen LogP contribution in [-0.4, -0.2) is 18.1 Å². The number of fused-ring (bicyclic) bond motifs is 1. The second kappa shape index (κ2) is 4.95. The van der Waals surface area contributed by atoms with E-state index < -0.39 is 0 Å². The van der Waals surface area contributed by atoms with Crippen molar-refractivity contribution in [1.82, 2.24) is 10.4 Å². The largest absolute Gasteiger partial charge is 0.305 e. The van der Waals surface area contributed by atoms with Crippen LogP contribution in [-0.2, 0) is 24.5 Å². The SMILES string of the molecule is CONCc1ccc2c(c1)CN(C(C)C)C2. The van der Waals surface area contributed by atoms with Gasteiger partial charge in [-0.3, -0.25) is 4.90 Å². The first-order valence-electron chi connectivity index (χ1n) is 5.81. The number of hydroxylamine groups is 1. The molecule has 0 atom stereocenters. The Morgan fingerprint density at radius 2 is 2.06 bits per heavy atom. The molecule has 1 heterocycles. The molecule has 2 rings (SSSR count). The smallest absolute Gasteiger partial charge is 0.0572 e. The van der Waals surface area contributed by atoms with E-state index in [-0.39, 0.29) is 0 Å². The van der Waals surface area contributed by atoms with Crippen molar-refractivity contribution in [2.24, 2.45) is 0 Å². The van der Waals surface area contributed by atoms with Crippen LogP contribution in [0.2, 0.25) is 0 Å². The third-order valence-electron chi connectivity index (χ3n) is 3.17. The Bertz CT molecular complexity index is 363. The van der Waals surface area contributed by atoms with Crippen LogP contribution in [0.3, 0.4) is 0 Å². The van der Waals surface area contributed by atoms with Crippen LogP contribution in [0.4, 0.5) is 0 Å². The minimum absolute atomic E-state index is 0.618. The molecular weight excluding hydrogens is 200 g/mol. The highest BCUT2D eigenvalue weighted by molar-refractivity contribution is 5.34. The number of rotatable bonds is 4. The van der Waals surface area contributed by atoms with Gasteiger partial charge in [-0.2, -0.15) is 5.48 Å². The number of hydrogen-bond donors (Lipinski definition) is 1. The lowest BCUT2D eigenvalue weighted by molar-refractivity contribution is 0.0867. The summed E-state index contributed by atoms with van der Waals surface area (Å²) in [5, 5.41) is 0. The van der Waals surface area contributed by atoms with Gasteiger partial charge in [-0.15, -0.1) is 0 Å². The van der Waals surface area contributed by atoms with Gasteiger partial charge < -0.3 is 4.84 Å². The summed E-state index contributed by atoms with van der Waals surface area (Å²) in [6, 6.07) is 7.32. The Kier molecular flexibility index (Phi) is 3.59. The summed E-state index contributed by atoms with van der Waals surface area (Å²) in [5.74, 6) is 0. The Balaban J connectivity index is 2.08. The molecule has 0 aliphatic carbocycles. The minimum atomic E-state index is 0.618. The summed E-state index contributed by atoms with van der Waals surface area (Å²) in [5.41, 5.74) is 7.09. The zero-order valence-corrected chi connectivity index (χ0v) is 10.3. The van der Waals surface area contributed by atoms with E-state index in [4.69, 9.17) is 4.84 Å². The van der Waals surface area contributed by atoms with Crippen molar-refractivity contribution in [3.05, 3.63) is 34.9 Å². The third kappa shape index (κ3) is 2.43. The highest BCUT2D eigenvalue weighted by Crippen LogP contribution is 2.25. The van der Waals surface area contributed by atoms with Crippen molar-refractivity contribution in [1.29, 1.82) is 0 Å². The second-order valence-corrected chi connectivity index (χ2v) is 4.63. The lowest BCUT2D eigenvalue weighted by Crippen LogP contribution is -2.24. The van der Waals surface area contributed by atoms with E-state index in [9.17, 15) is 0 Å². The molecule has 1 N–H and O–H groups in total. The standard InChI is InChI=1S/C13H20N2O/c1-10(2)15-8-12-5-4-11(7-14-16-3)6-13(12)9-15/h4-6,10,14H,7-9H2,1-3H3. The molecule has 0 saturated carbocycles. The second-order valence-electron chi connectivity index (χ2n) is 4.63. The fraction of sp³-hybridized carbons (Fsp3) is 0.538. The molecular formula is C13H20N2O. The molecule has 16 heavy (non-hydrogen) atoms. The Hall–Kier alpha value is -0.900. The minimum Gasteiger partial charge on any atom is -0.305 e. The van der Waals surface area contributed by atoms with Crippen molar-refractivity contribution < 1.29 is 4.84 Å². The number of benzene rings is 1. The lowest BCUT2D eigenvalue weighted by atomic mass is 10.1. The van der Waals surface area contributed by atoms with Crippen LogP contribution in [0.25, 0.3) is 0 Å². The molecule has 0 radical (unpaired) electrons. The van der Waals surface area contributed by atoms with Crippen LogP contribution >= 0.6 is 0 Å². The Labute approximate surface area is 97.4 Å². The lowest BCUT2D eigenvalue weighted by Gasteiger charge is -2.18. The first kappa shape index (κ1) is 11.6. The van der Waals surface area contributed by atoms with Crippen LogP contribution in [0, 0.1) is 0 Å². The van der Waals surface area contributed by atoms with Gasteiger partial charge in [0.1, 0.15) is 0 Å². The number of nitrogens with zero attached hydrogens (tertiary/aromatic N) is 1. The van der Waals surface area contributed by atoms with Gasteiger partial charge in [0.2, 0.25) is 0 Å². The van der Waals surface area contributed by atoms with E-state index in [0.29, 0.717) is 6.04 Å². The fourth-order valence-corrected chi connectivity index (χ4v) is 2.10. The van der Waals surface area contributed by atoms with Gasteiger partial charge >= 0.3 is 0 Å². The normalized spacial score (nSPS) is 15.8. The summed E-state index contributed by atoms with van der Waals surface area (Å²) < 4.78 is 0. The van der Waals surface area contributed by atoms with Crippen molar-refractivity contribution in [2.75, 3.05) is 7.11 Å². The maximum absolute atomic E-state index is 4.86. The summed E-state index contributed by atoms with van der Waals surface area (Å²) >= 11 is 0. The van der Waals surface area contributed by atoms with Crippen LogP contribution < -0.4 is 5.48 Å². The number of hydrogen-bond acceptors (Lipinski definition) is 3. The molecule has 1 aromatic carbocycles. The molecule has 0 unspecified atom stereocenters. The molecule has 1 aromatic rings. The quantitative estimate of drug-likeness (QED) is 0.786. The van der Waals surface area contributed by atoms with Gasteiger partial charge in [-0.1, -0.05) is 18.2 Å².